The second-order valence-electron chi connectivity index (χ2n) is 3.03. The molecule has 0 N–H and O–H groups in total. The molecule has 0 saturated heterocycles. The maximum Gasteiger partial charge on any atom is 0.236 e. The minimum Gasteiger partial charge on any atom is -0.394 e. The largest absolute Gasteiger partial charge is 0.394 e. The minimum atomic E-state index is -3.54. The van der Waals surface area contributed by atoms with Gasteiger partial charge in [-0.15, -0.1) is 5.10 Å². The predicted octanol–water partition coefficient (Wildman–Crippen LogP) is 0.428. The summed E-state index contributed by atoms with van der Waals surface area (Å²) in [4.78, 5) is 6.29. The number of nitrogens with zero attached hydrogens (tertiary/aromatic N) is 3. The molecule has 0 radical (unpaired) electrons. The average molecular weight is 262 g/mol. The molecule has 0 spiro atoms. The Labute approximate surface area is 96.1 Å². The average Bonchev–Trinajstić information content (AvgIpc) is 2.60. The number of aromatic nitrogens is 3. The van der Waals surface area contributed by atoms with E-state index in [4.69, 9.17) is 15.5 Å². The highest BCUT2D eigenvalue weighted by atomic mass is 35.7. The Balaban J connectivity index is 2.10. The zero-order valence-corrected chi connectivity index (χ0v) is 9.65. The molecule has 0 aliphatic rings. The van der Waals surface area contributed by atoms with Gasteiger partial charge in [0, 0.05) is 10.7 Å². The van der Waals surface area contributed by atoms with Gasteiger partial charge in [-0.2, -0.15) is 0 Å². The summed E-state index contributed by atoms with van der Waals surface area (Å²) in [5.41, 5.74) is 1.35. The maximum atomic E-state index is 10.7. The van der Waals surface area contributed by atoms with Crippen LogP contribution in [0, 0.1) is 0 Å². The summed E-state index contributed by atoms with van der Waals surface area (Å²) in [6.07, 6.45) is 0. The van der Waals surface area contributed by atoms with Crippen LogP contribution in [0.25, 0.3) is 11.0 Å². The van der Waals surface area contributed by atoms with Crippen molar-refractivity contribution in [1.82, 2.24) is 15.2 Å². The van der Waals surface area contributed by atoms with E-state index in [0.717, 1.165) is 0 Å². The summed E-state index contributed by atoms with van der Waals surface area (Å²) < 4.78 is 21.3. The second-order valence-corrected chi connectivity index (χ2v) is 5.92. The SMILES string of the molecule is O=S(=O)(Cl)CCOn1nnc2ccccc21. The molecule has 0 saturated carbocycles. The molecule has 2 rings (SSSR count). The van der Waals surface area contributed by atoms with E-state index in [0.29, 0.717) is 11.0 Å². The van der Waals surface area contributed by atoms with Crippen LogP contribution < -0.4 is 4.84 Å². The van der Waals surface area contributed by atoms with Crippen LogP contribution >= 0.6 is 10.7 Å². The summed E-state index contributed by atoms with van der Waals surface area (Å²) >= 11 is 0. The Hall–Kier alpha value is -1.34. The highest BCUT2D eigenvalue weighted by Crippen LogP contribution is 2.08. The van der Waals surface area contributed by atoms with Crippen molar-refractivity contribution in [3.05, 3.63) is 24.3 Å². The topological polar surface area (TPSA) is 74.1 Å². The van der Waals surface area contributed by atoms with E-state index >= 15 is 0 Å². The molecular weight excluding hydrogens is 254 g/mol. The van der Waals surface area contributed by atoms with Crippen molar-refractivity contribution in [2.24, 2.45) is 0 Å². The Kier molecular flexibility index (Phi) is 2.97. The van der Waals surface area contributed by atoms with Gasteiger partial charge >= 0.3 is 0 Å². The molecular formula is C8H8ClN3O3S. The molecule has 0 bridgehead atoms. The summed E-state index contributed by atoms with van der Waals surface area (Å²) in [6.45, 7) is -0.0703. The highest BCUT2D eigenvalue weighted by molar-refractivity contribution is 8.13. The molecule has 16 heavy (non-hydrogen) atoms. The van der Waals surface area contributed by atoms with E-state index in [-0.39, 0.29) is 12.4 Å². The molecule has 0 fully saturated rings. The third-order valence-electron chi connectivity index (χ3n) is 1.86. The molecule has 0 atom stereocenters. The molecule has 0 aliphatic carbocycles. The number of hydrogen-bond donors (Lipinski definition) is 0. The van der Waals surface area contributed by atoms with E-state index in [2.05, 4.69) is 10.3 Å². The molecule has 6 nitrogen and oxygen atoms in total. The highest BCUT2D eigenvalue weighted by Gasteiger charge is 2.07. The number of rotatable bonds is 4. The lowest BCUT2D eigenvalue weighted by molar-refractivity contribution is 0.0993. The van der Waals surface area contributed by atoms with Crippen molar-refractivity contribution in [2.75, 3.05) is 12.4 Å². The fourth-order valence-corrected chi connectivity index (χ4v) is 1.63. The van der Waals surface area contributed by atoms with Crippen LogP contribution in [0.4, 0.5) is 0 Å². The molecule has 0 amide bonds. The van der Waals surface area contributed by atoms with Crippen molar-refractivity contribution in [3.63, 3.8) is 0 Å². The molecule has 86 valence electrons. The zero-order chi connectivity index (χ0) is 11.6. The number of fused-ring (bicyclic) bond motifs is 1. The van der Waals surface area contributed by atoms with Crippen LogP contribution in [0.5, 0.6) is 0 Å². The van der Waals surface area contributed by atoms with Crippen molar-refractivity contribution < 1.29 is 13.3 Å². The monoisotopic (exact) mass is 261 g/mol. The quantitative estimate of drug-likeness (QED) is 0.746. The van der Waals surface area contributed by atoms with Crippen molar-refractivity contribution >= 4 is 30.8 Å². The lowest BCUT2D eigenvalue weighted by Gasteiger charge is -2.02. The number of halogens is 1. The van der Waals surface area contributed by atoms with Gasteiger partial charge in [-0.3, -0.25) is 0 Å². The van der Waals surface area contributed by atoms with E-state index < -0.39 is 9.05 Å². The van der Waals surface area contributed by atoms with Crippen molar-refractivity contribution in [2.45, 2.75) is 0 Å². The van der Waals surface area contributed by atoms with Gasteiger partial charge in [0.25, 0.3) is 0 Å². The first-order valence-electron chi connectivity index (χ1n) is 4.42. The Bertz CT molecular complexity index is 595. The zero-order valence-electron chi connectivity index (χ0n) is 8.08. The summed E-state index contributed by atoms with van der Waals surface area (Å²) in [5, 5.41) is 7.56. The van der Waals surface area contributed by atoms with Crippen LogP contribution in [0.15, 0.2) is 24.3 Å². The van der Waals surface area contributed by atoms with Gasteiger partial charge in [-0.1, -0.05) is 17.0 Å². The van der Waals surface area contributed by atoms with E-state index in [1.165, 1.54) is 4.85 Å². The summed E-state index contributed by atoms with van der Waals surface area (Å²) in [5.74, 6) is -0.275. The fraction of sp³-hybridized carbons (Fsp3) is 0.250. The van der Waals surface area contributed by atoms with Gasteiger partial charge in [0.1, 0.15) is 23.4 Å². The standard InChI is InChI=1S/C8H8ClN3O3S/c9-16(13,14)6-5-15-12-8-4-2-1-3-7(8)10-11-12/h1-4H,5-6H2. The fourth-order valence-electron chi connectivity index (χ4n) is 1.17. The first kappa shape index (κ1) is 11.2. The van der Waals surface area contributed by atoms with Crippen molar-refractivity contribution in [3.8, 4) is 0 Å². The van der Waals surface area contributed by atoms with Gasteiger partial charge in [0.2, 0.25) is 9.05 Å². The molecule has 1 heterocycles. The first-order valence-corrected chi connectivity index (χ1v) is 6.90. The van der Waals surface area contributed by atoms with Crippen LogP contribution in [0.2, 0.25) is 0 Å². The van der Waals surface area contributed by atoms with Gasteiger partial charge < -0.3 is 4.84 Å². The molecule has 8 heteroatoms. The predicted molar refractivity (Wildman–Crippen MR) is 58.6 cm³/mol. The van der Waals surface area contributed by atoms with Gasteiger partial charge in [-0.25, -0.2) is 8.42 Å². The number of para-hydroxylation sites is 1. The van der Waals surface area contributed by atoms with Gasteiger partial charge in [-0.05, 0) is 17.3 Å². The third-order valence-corrected chi connectivity index (χ3v) is 2.98. The molecule has 0 aliphatic heterocycles. The lowest BCUT2D eigenvalue weighted by Crippen LogP contribution is -2.19. The second kappa shape index (κ2) is 4.26. The first-order chi connectivity index (χ1) is 7.56. The van der Waals surface area contributed by atoms with E-state index in [1.54, 1.807) is 12.1 Å². The van der Waals surface area contributed by atoms with Crippen LogP contribution in [-0.4, -0.2) is 35.9 Å². The summed E-state index contributed by atoms with van der Waals surface area (Å²) in [7, 11) is 1.49. The van der Waals surface area contributed by atoms with Gasteiger partial charge in [0.15, 0.2) is 0 Å². The normalized spacial score (nSPS) is 11.8. The molecule has 0 unspecified atom stereocenters. The molecule has 2 aromatic rings. The Morgan fingerprint density at radius 1 is 1.38 bits per heavy atom. The van der Waals surface area contributed by atoms with Crippen LogP contribution in [0.1, 0.15) is 0 Å². The lowest BCUT2D eigenvalue weighted by atomic mass is 10.3. The minimum absolute atomic E-state index is 0.0703. The van der Waals surface area contributed by atoms with Gasteiger partial charge in [0.05, 0.1) is 0 Å². The Morgan fingerprint density at radius 3 is 2.88 bits per heavy atom. The maximum absolute atomic E-state index is 10.7. The van der Waals surface area contributed by atoms with Crippen molar-refractivity contribution in [1.29, 1.82) is 0 Å². The number of benzene rings is 1. The number of hydrogen-bond acceptors (Lipinski definition) is 5. The van der Waals surface area contributed by atoms with Crippen LogP contribution in [-0.2, 0) is 9.05 Å². The van der Waals surface area contributed by atoms with E-state index in [9.17, 15) is 8.42 Å². The Morgan fingerprint density at radius 2 is 2.12 bits per heavy atom. The van der Waals surface area contributed by atoms with E-state index in [1.807, 2.05) is 12.1 Å². The summed E-state index contributed by atoms with van der Waals surface area (Å²) in [6, 6.07) is 7.18. The third kappa shape index (κ3) is 2.61. The smallest absolute Gasteiger partial charge is 0.236 e. The molecule has 1 aromatic carbocycles. The van der Waals surface area contributed by atoms with Crippen LogP contribution in [0.3, 0.4) is 0 Å². The molecule has 1 aromatic heterocycles.